The van der Waals surface area contributed by atoms with Crippen molar-refractivity contribution in [2.75, 3.05) is 0 Å². The van der Waals surface area contributed by atoms with Crippen molar-refractivity contribution < 1.29 is 0 Å². The quantitative estimate of drug-likeness (QED) is 0.749. The van der Waals surface area contributed by atoms with E-state index in [-0.39, 0.29) is 4.32 Å². The van der Waals surface area contributed by atoms with Gasteiger partial charge in [0.1, 0.15) is 5.01 Å². The molecule has 0 unspecified atom stereocenters. The first kappa shape index (κ1) is 9.66. The molecule has 0 aliphatic heterocycles. The molecule has 1 nitrogen and oxygen atoms in total. The highest BCUT2D eigenvalue weighted by Gasteiger charge is 2.44. The predicted molar refractivity (Wildman–Crippen MR) is 60.6 cm³/mol. The zero-order chi connectivity index (χ0) is 9.31. The van der Waals surface area contributed by atoms with Crippen molar-refractivity contribution >= 4 is 27.3 Å². The number of aryl methyl sites for hydroxylation is 1. The van der Waals surface area contributed by atoms with Gasteiger partial charge in [-0.3, -0.25) is 0 Å². The van der Waals surface area contributed by atoms with Crippen molar-refractivity contribution in [3.05, 3.63) is 16.1 Å². The first-order valence-electron chi connectivity index (χ1n) is 4.88. The van der Waals surface area contributed by atoms with Gasteiger partial charge in [-0.25, -0.2) is 4.98 Å². The summed E-state index contributed by atoms with van der Waals surface area (Å²) in [5, 5.41) is 3.50. The minimum Gasteiger partial charge on any atom is -0.245 e. The van der Waals surface area contributed by atoms with Crippen molar-refractivity contribution in [1.82, 2.24) is 4.98 Å². The summed E-state index contributed by atoms with van der Waals surface area (Å²) in [5.41, 5.74) is 1.28. The van der Waals surface area contributed by atoms with Gasteiger partial charge in [0, 0.05) is 5.38 Å². The van der Waals surface area contributed by atoms with Gasteiger partial charge in [-0.2, -0.15) is 0 Å². The van der Waals surface area contributed by atoms with Crippen LogP contribution in [0.5, 0.6) is 0 Å². The number of thiazole rings is 1. The molecule has 0 N–H and O–H groups in total. The third-order valence-electron chi connectivity index (χ3n) is 2.41. The highest BCUT2D eigenvalue weighted by molar-refractivity contribution is 9.09. The van der Waals surface area contributed by atoms with Crippen LogP contribution in [0.3, 0.4) is 0 Å². The maximum absolute atomic E-state index is 4.65. The van der Waals surface area contributed by atoms with Gasteiger partial charge in [0.05, 0.1) is 10.0 Å². The van der Waals surface area contributed by atoms with Crippen molar-refractivity contribution in [2.45, 2.75) is 43.4 Å². The van der Waals surface area contributed by atoms with Gasteiger partial charge >= 0.3 is 0 Å². The summed E-state index contributed by atoms with van der Waals surface area (Å²) in [7, 11) is 0. The molecule has 1 aromatic heterocycles. The summed E-state index contributed by atoms with van der Waals surface area (Å²) in [5.74, 6) is 0. The number of hydrogen-bond donors (Lipinski definition) is 0. The van der Waals surface area contributed by atoms with E-state index in [1.807, 2.05) is 11.3 Å². The van der Waals surface area contributed by atoms with E-state index in [9.17, 15) is 0 Å². The zero-order valence-corrected chi connectivity index (χ0v) is 10.2. The number of halogens is 1. The molecule has 13 heavy (non-hydrogen) atoms. The van der Waals surface area contributed by atoms with E-state index in [4.69, 9.17) is 0 Å². The molecule has 0 bridgehead atoms. The fourth-order valence-corrected chi connectivity index (χ4v) is 2.88. The third kappa shape index (κ3) is 2.13. The SMILES string of the molecule is CCCCc1csc(C2(Br)CC2)n1. The highest BCUT2D eigenvalue weighted by Crippen LogP contribution is 2.54. The van der Waals surface area contributed by atoms with Crippen LogP contribution >= 0.6 is 27.3 Å². The van der Waals surface area contributed by atoms with Crippen LogP contribution in [-0.2, 0) is 10.7 Å². The topological polar surface area (TPSA) is 12.9 Å². The number of aromatic nitrogens is 1. The summed E-state index contributed by atoms with van der Waals surface area (Å²) < 4.78 is 0.280. The molecule has 0 spiro atoms. The molecular weight excluding hydrogens is 246 g/mol. The summed E-state index contributed by atoms with van der Waals surface area (Å²) in [4.78, 5) is 4.65. The molecule has 1 aliphatic rings. The van der Waals surface area contributed by atoms with Crippen molar-refractivity contribution in [2.24, 2.45) is 0 Å². The molecule has 2 rings (SSSR count). The van der Waals surface area contributed by atoms with Crippen LogP contribution in [0.2, 0.25) is 0 Å². The molecule has 1 fully saturated rings. The van der Waals surface area contributed by atoms with Gasteiger partial charge in [0.25, 0.3) is 0 Å². The molecular formula is C10H14BrNS. The number of rotatable bonds is 4. The molecule has 0 saturated heterocycles. The van der Waals surface area contributed by atoms with Crippen LogP contribution in [0.25, 0.3) is 0 Å². The van der Waals surface area contributed by atoms with Crippen LogP contribution in [0, 0.1) is 0 Å². The average Bonchev–Trinajstić information content (AvgIpc) is 2.69. The normalized spacial score (nSPS) is 18.9. The second-order valence-corrected chi connectivity index (χ2v) is 6.09. The lowest BCUT2D eigenvalue weighted by Crippen LogP contribution is -1.94. The Morgan fingerprint density at radius 2 is 2.38 bits per heavy atom. The lowest BCUT2D eigenvalue weighted by atomic mass is 10.2. The monoisotopic (exact) mass is 259 g/mol. The van der Waals surface area contributed by atoms with E-state index in [1.54, 1.807) is 0 Å². The smallest absolute Gasteiger partial charge is 0.110 e. The van der Waals surface area contributed by atoms with Crippen LogP contribution in [0.1, 0.15) is 43.3 Å². The summed E-state index contributed by atoms with van der Waals surface area (Å²) in [6.07, 6.45) is 6.18. The Balaban J connectivity index is 2.01. The molecule has 1 aliphatic carbocycles. The number of hydrogen-bond acceptors (Lipinski definition) is 2. The Hall–Kier alpha value is 0.110. The van der Waals surface area contributed by atoms with Gasteiger partial charge in [-0.15, -0.1) is 11.3 Å². The van der Waals surface area contributed by atoms with Gasteiger partial charge < -0.3 is 0 Å². The summed E-state index contributed by atoms with van der Waals surface area (Å²) in [6.45, 7) is 2.22. The minimum atomic E-state index is 0.280. The molecule has 1 heterocycles. The van der Waals surface area contributed by atoms with Crippen molar-refractivity contribution in [1.29, 1.82) is 0 Å². The van der Waals surface area contributed by atoms with Crippen molar-refractivity contribution in [3.8, 4) is 0 Å². The maximum Gasteiger partial charge on any atom is 0.110 e. The molecule has 3 heteroatoms. The fraction of sp³-hybridized carbons (Fsp3) is 0.700. The van der Waals surface area contributed by atoms with Crippen LogP contribution in [0.4, 0.5) is 0 Å². The van der Waals surface area contributed by atoms with Crippen LogP contribution < -0.4 is 0 Å². The van der Waals surface area contributed by atoms with Crippen molar-refractivity contribution in [3.63, 3.8) is 0 Å². The summed E-state index contributed by atoms with van der Waals surface area (Å²) >= 11 is 5.54. The van der Waals surface area contributed by atoms with E-state index < -0.39 is 0 Å². The molecule has 1 saturated carbocycles. The molecule has 0 aromatic carbocycles. The minimum absolute atomic E-state index is 0.280. The van der Waals surface area contributed by atoms with Gasteiger partial charge in [-0.1, -0.05) is 29.3 Å². The molecule has 72 valence electrons. The number of unbranched alkanes of at least 4 members (excludes halogenated alkanes) is 1. The Labute approximate surface area is 91.7 Å². The standard InChI is InChI=1S/C10H14BrNS/c1-2-3-4-8-7-13-9(12-8)10(11)5-6-10/h7H,2-6H2,1H3. The van der Waals surface area contributed by atoms with Gasteiger partial charge in [0.2, 0.25) is 0 Å². The number of nitrogens with zero attached hydrogens (tertiary/aromatic N) is 1. The number of alkyl halides is 1. The Morgan fingerprint density at radius 1 is 1.62 bits per heavy atom. The Bertz CT molecular complexity index is 291. The molecule has 0 amide bonds. The van der Waals surface area contributed by atoms with Gasteiger partial charge in [-0.05, 0) is 25.7 Å². The van der Waals surface area contributed by atoms with E-state index in [0.29, 0.717) is 0 Å². The average molecular weight is 260 g/mol. The first-order valence-corrected chi connectivity index (χ1v) is 6.56. The van der Waals surface area contributed by atoms with E-state index in [0.717, 1.165) is 6.42 Å². The van der Waals surface area contributed by atoms with E-state index >= 15 is 0 Å². The van der Waals surface area contributed by atoms with E-state index in [1.165, 1.54) is 36.4 Å². The molecule has 1 aromatic rings. The molecule has 0 atom stereocenters. The third-order valence-corrected chi connectivity index (χ3v) is 4.94. The largest absolute Gasteiger partial charge is 0.245 e. The van der Waals surface area contributed by atoms with E-state index in [2.05, 4.69) is 33.2 Å². The highest BCUT2D eigenvalue weighted by atomic mass is 79.9. The Kier molecular flexibility index (Phi) is 2.75. The second kappa shape index (κ2) is 3.70. The molecule has 0 radical (unpaired) electrons. The summed E-state index contributed by atoms with van der Waals surface area (Å²) in [6, 6.07) is 0. The fourth-order valence-electron chi connectivity index (χ4n) is 1.31. The van der Waals surface area contributed by atoms with Crippen LogP contribution in [-0.4, -0.2) is 4.98 Å². The lowest BCUT2D eigenvalue weighted by Gasteiger charge is -1.98. The van der Waals surface area contributed by atoms with Crippen LogP contribution in [0.15, 0.2) is 5.38 Å². The first-order chi connectivity index (χ1) is 6.24. The second-order valence-electron chi connectivity index (χ2n) is 3.71. The predicted octanol–water partition coefficient (Wildman–Crippen LogP) is 3.87. The maximum atomic E-state index is 4.65. The lowest BCUT2D eigenvalue weighted by molar-refractivity contribution is 0.776. The van der Waals surface area contributed by atoms with Gasteiger partial charge in [0.15, 0.2) is 0 Å². The Morgan fingerprint density at radius 3 is 3.00 bits per heavy atom. The zero-order valence-electron chi connectivity index (χ0n) is 7.85.